The fraction of sp³-hybridized carbons (Fsp3) is 0.889. The molecule has 2 heteroatoms. The van der Waals surface area contributed by atoms with Gasteiger partial charge in [-0.1, -0.05) is 13.8 Å². The van der Waals surface area contributed by atoms with E-state index in [1.54, 1.807) is 0 Å². The van der Waals surface area contributed by atoms with Crippen LogP contribution in [-0.4, -0.2) is 11.2 Å². The van der Waals surface area contributed by atoms with Crippen molar-refractivity contribution in [3.05, 3.63) is 0 Å². The topological polar surface area (TPSA) is 17.1 Å². The second kappa shape index (κ2) is 2.01. The van der Waals surface area contributed by atoms with Crippen LogP contribution in [0.25, 0.3) is 0 Å². The highest BCUT2D eigenvalue weighted by molar-refractivity contribution is 6.32. The molecular weight excluding hydrogens is 160 g/mol. The molecule has 0 amide bonds. The second-order valence-corrected chi connectivity index (χ2v) is 4.94. The van der Waals surface area contributed by atoms with Crippen LogP contribution >= 0.6 is 11.6 Å². The zero-order valence-corrected chi connectivity index (χ0v) is 7.69. The van der Waals surface area contributed by atoms with E-state index in [0.717, 1.165) is 12.8 Å². The van der Waals surface area contributed by atoms with Gasteiger partial charge in [-0.15, -0.1) is 11.6 Å². The molecule has 0 N–H and O–H groups in total. The van der Waals surface area contributed by atoms with E-state index in [2.05, 4.69) is 13.8 Å². The van der Waals surface area contributed by atoms with E-state index in [0.29, 0.717) is 11.7 Å². The molecule has 0 heterocycles. The summed E-state index contributed by atoms with van der Waals surface area (Å²) in [5, 5.41) is -0.174. The molecular formula is C9H13ClO. The first kappa shape index (κ1) is 7.60. The number of hydrogen-bond donors (Lipinski definition) is 0. The Hall–Kier alpha value is -0.0400. The maximum Gasteiger partial charge on any atom is 0.154 e. The van der Waals surface area contributed by atoms with Gasteiger partial charge in [-0.2, -0.15) is 0 Å². The number of Topliss-reactive ketones (excluding diaryl/α,β-unsaturated/α-hetero) is 1. The van der Waals surface area contributed by atoms with E-state index in [9.17, 15) is 4.79 Å². The van der Waals surface area contributed by atoms with Gasteiger partial charge >= 0.3 is 0 Å². The predicted octanol–water partition coefficient (Wildman–Crippen LogP) is 2.23. The third kappa shape index (κ3) is 0.807. The molecule has 0 aliphatic heterocycles. The van der Waals surface area contributed by atoms with Crippen molar-refractivity contribution < 1.29 is 4.79 Å². The summed E-state index contributed by atoms with van der Waals surface area (Å²) in [5.74, 6) is 1.26. The zero-order valence-electron chi connectivity index (χ0n) is 6.93. The molecule has 0 radical (unpaired) electrons. The third-order valence-corrected chi connectivity index (χ3v) is 4.01. The van der Waals surface area contributed by atoms with Crippen molar-refractivity contribution in [2.24, 2.45) is 17.3 Å². The highest BCUT2D eigenvalue weighted by Gasteiger charge is 2.57. The van der Waals surface area contributed by atoms with E-state index in [-0.39, 0.29) is 16.7 Å². The maximum absolute atomic E-state index is 11.4. The Morgan fingerprint density at radius 1 is 1.45 bits per heavy atom. The number of ketones is 1. The molecule has 11 heavy (non-hydrogen) atoms. The van der Waals surface area contributed by atoms with Crippen molar-refractivity contribution in [2.75, 3.05) is 0 Å². The van der Waals surface area contributed by atoms with Crippen LogP contribution in [0.5, 0.6) is 0 Å². The predicted molar refractivity (Wildman–Crippen MR) is 44.6 cm³/mol. The third-order valence-electron chi connectivity index (χ3n) is 3.61. The Bertz CT molecular complexity index is 210. The summed E-state index contributed by atoms with van der Waals surface area (Å²) in [6, 6.07) is 0. The number of rotatable bonds is 0. The van der Waals surface area contributed by atoms with Crippen LogP contribution in [0.4, 0.5) is 0 Å². The smallest absolute Gasteiger partial charge is 0.154 e. The molecule has 0 saturated heterocycles. The lowest BCUT2D eigenvalue weighted by atomic mass is 9.48. The molecule has 0 unspecified atom stereocenters. The number of fused-ring (bicyclic) bond motifs is 2. The van der Waals surface area contributed by atoms with Gasteiger partial charge < -0.3 is 0 Å². The highest BCUT2D eigenvalue weighted by atomic mass is 35.5. The van der Waals surface area contributed by atoms with Crippen LogP contribution in [0, 0.1) is 17.3 Å². The van der Waals surface area contributed by atoms with Crippen LogP contribution in [0.2, 0.25) is 0 Å². The fourth-order valence-electron chi connectivity index (χ4n) is 2.48. The normalized spacial score (nSPS) is 46.8. The van der Waals surface area contributed by atoms with Crippen molar-refractivity contribution in [3.63, 3.8) is 0 Å². The summed E-state index contributed by atoms with van der Waals surface area (Å²) in [4.78, 5) is 11.4. The molecule has 3 aliphatic carbocycles. The van der Waals surface area contributed by atoms with Gasteiger partial charge in [0.2, 0.25) is 0 Å². The van der Waals surface area contributed by atoms with Crippen molar-refractivity contribution in [2.45, 2.75) is 32.1 Å². The Kier molecular flexibility index (Phi) is 1.39. The molecule has 3 atom stereocenters. The quantitative estimate of drug-likeness (QED) is 0.513. The van der Waals surface area contributed by atoms with E-state index >= 15 is 0 Å². The number of carbonyl (C=O) groups is 1. The van der Waals surface area contributed by atoms with Gasteiger partial charge in [0.15, 0.2) is 5.78 Å². The first-order chi connectivity index (χ1) is 5.03. The van der Waals surface area contributed by atoms with Crippen LogP contribution in [0.1, 0.15) is 26.7 Å². The van der Waals surface area contributed by atoms with E-state index in [4.69, 9.17) is 11.6 Å². The summed E-state index contributed by atoms with van der Waals surface area (Å²) in [5.41, 5.74) is 0.252. The Balaban J connectivity index is 2.23. The molecule has 2 bridgehead atoms. The lowest BCUT2D eigenvalue weighted by molar-refractivity contribution is -0.147. The molecule has 1 nitrogen and oxygen atoms in total. The Labute approximate surface area is 72.1 Å². The molecule has 3 rings (SSSR count). The van der Waals surface area contributed by atoms with Crippen molar-refractivity contribution in [1.82, 2.24) is 0 Å². The average molecular weight is 173 g/mol. The van der Waals surface area contributed by atoms with Gasteiger partial charge in [0.05, 0.1) is 5.38 Å². The van der Waals surface area contributed by atoms with Gasteiger partial charge in [-0.25, -0.2) is 0 Å². The van der Waals surface area contributed by atoms with Crippen LogP contribution in [0.15, 0.2) is 0 Å². The number of hydrogen-bond acceptors (Lipinski definition) is 1. The van der Waals surface area contributed by atoms with E-state index < -0.39 is 0 Å². The van der Waals surface area contributed by atoms with Crippen molar-refractivity contribution in [1.29, 1.82) is 0 Å². The highest BCUT2D eigenvalue weighted by Crippen LogP contribution is 2.58. The Morgan fingerprint density at radius 2 is 2.09 bits per heavy atom. The number of alkyl halides is 1. The summed E-state index contributed by atoms with van der Waals surface area (Å²) in [7, 11) is 0. The second-order valence-electron chi connectivity index (χ2n) is 4.41. The first-order valence-electron chi connectivity index (χ1n) is 4.21. The molecule has 0 aromatic carbocycles. The fourth-order valence-corrected chi connectivity index (χ4v) is 2.85. The molecule has 3 fully saturated rings. The molecule has 3 aliphatic rings. The zero-order chi connectivity index (χ0) is 8.22. The van der Waals surface area contributed by atoms with E-state index in [1.165, 1.54) is 0 Å². The van der Waals surface area contributed by atoms with Crippen LogP contribution < -0.4 is 0 Å². The minimum atomic E-state index is -0.174. The van der Waals surface area contributed by atoms with Gasteiger partial charge in [0, 0.05) is 5.92 Å². The van der Waals surface area contributed by atoms with Gasteiger partial charge in [-0.05, 0) is 24.2 Å². The minimum absolute atomic E-state index is 0.174. The van der Waals surface area contributed by atoms with Crippen LogP contribution in [0.3, 0.4) is 0 Å². The summed E-state index contributed by atoms with van der Waals surface area (Å²) in [6.45, 7) is 4.37. The van der Waals surface area contributed by atoms with Crippen molar-refractivity contribution in [3.8, 4) is 0 Å². The maximum atomic E-state index is 11.4. The average Bonchev–Trinajstić information content (AvgIpc) is 1.93. The summed E-state index contributed by atoms with van der Waals surface area (Å²) in [6.07, 6.45) is 2.00. The number of carbonyl (C=O) groups excluding carboxylic acids is 1. The van der Waals surface area contributed by atoms with Gasteiger partial charge in [0.25, 0.3) is 0 Å². The molecule has 0 spiro atoms. The molecule has 0 aromatic heterocycles. The lowest BCUT2D eigenvalue weighted by Crippen LogP contribution is -2.56. The van der Waals surface area contributed by atoms with Crippen molar-refractivity contribution >= 4 is 17.4 Å². The standard InChI is InChI=1S/C9H13ClO/c1-9(2)5-3-6(9)8(11)7(10)4-5/h5-7H,3-4H2,1-2H3/t5-,6+,7+/m0/s1. The SMILES string of the molecule is CC1(C)[C@@H]2C[C@@H](Cl)C(=O)[C@H]1C2. The molecule has 62 valence electrons. The summed E-state index contributed by atoms with van der Waals surface area (Å²) < 4.78 is 0. The lowest BCUT2D eigenvalue weighted by Gasteiger charge is -2.56. The van der Waals surface area contributed by atoms with Gasteiger partial charge in [0.1, 0.15) is 0 Å². The van der Waals surface area contributed by atoms with Gasteiger partial charge in [-0.3, -0.25) is 4.79 Å². The number of halogens is 1. The largest absolute Gasteiger partial charge is 0.298 e. The van der Waals surface area contributed by atoms with Crippen LogP contribution in [-0.2, 0) is 4.79 Å². The Morgan fingerprint density at radius 3 is 2.45 bits per heavy atom. The summed E-state index contributed by atoms with van der Waals surface area (Å²) >= 11 is 5.87. The first-order valence-corrected chi connectivity index (χ1v) is 4.65. The molecule has 0 aromatic rings. The minimum Gasteiger partial charge on any atom is -0.298 e. The molecule has 3 saturated carbocycles. The van der Waals surface area contributed by atoms with E-state index in [1.807, 2.05) is 0 Å². The monoisotopic (exact) mass is 172 g/mol.